The van der Waals surface area contributed by atoms with E-state index in [1.165, 1.54) is 0 Å². The Balaban J connectivity index is 1.52. The van der Waals surface area contributed by atoms with Crippen molar-refractivity contribution >= 4 is 55.6 Å². The summed E-state index contributed by atoms with van der Waals surface area (Å²) >= 11 is 14.2. The number of para-hydroxylation sites is 1. The summed E-state index contributed by atoms with van der Waals surface area (Å²) in [5, 5.41) is 2.27. The molecule has 0 spiro atoms. The van der Waals surface area contributed by atoms with Crippen molar-refractivity contribution in [3.05, 3.63) is 46.4 Å². The topological polar surface area (TPSA) is 28.6 Å². The van der Waals surface area contributed by atoms with E-state index in [1.54, 1.807) is 11.3 Å². The molecule has 0 N–H and O–H groups in total. The average Bonchev–Trinajstić information content (AvgIpc) is 3.10. The Kier molecular flexibility index (Phi) is 5.11. The van der Waals surface area contributed by atoms with Crippen LogP contribution in [0.4, 0.5) is 10.8 Å². The van der Waals surface area contributed by atoms with Crippen LogP contribution in [0, 0.1) is 0 Å². The van der Waals surface area contributed by atoms with Gasteiger partial charge in [0.2, 0.25) is 0 Å². The number of aromatic nitrogens is 1. The Morgan fingerprint density at radius 2 is 1.77 bits per heavy atom. The fourth-order valence-electron chi connectivity index (χ4n) is 3.19. The smallest absolute Gasteiger partial charge is 0.186 e. The number of piperazine rings is 1. The summed E-state index contributed by atoms with van der Waals surface area (Å²) in [7, 11) is 0. The second kappa shape index (κ2) is 7.51. The number of hydrogen-bond acceptors (Lipinski definition) is 5. The van der Waals surface area contributed by atoms with Crippen molar-refractivity contribution in [3.63, 3.8) is 0 Å². The fraction of sp³-hybridized carbons (Fsp3) is 0.316. The molecule has 26 heavy (non-hydrogen) atoms. The highest BCUT2D eigenvalue weighted by molar-refractivity contribution is 7.22. The van der Waals surface area contributed by atoms with Gasteiger partial charge in [0.25, 0.3) is 0 Å². The number of hydrogen-bond donors (Lipinski definition) is 0. The zero-order valence-electron chi connectivity index (χ0n) is 14.4. The molecule has 0 unspecified atom stereocenters. The Morgan fingerprint density at radius 3 is 2.54 bits per heavy atom. The first-order valence-corrected chi connectivity index (χ1v) is 10.2. The van der Waals surface area contributed by atoms with Crippen LogP contribution in [0.5, 0.6) is 5.75 Å². The first-order chi connectivity index (χ1) is 12.7. The number of ether oxygens (including phenoxy) is 1. The predicted octanol–water partition coefficient (Wildman–Crippen LogP) is 5.33. The molecule has 0 bridgehead atoms. The van der Waals surface area contributed by atoms with Crippen molar-refractivity contribution in [3.8, 4) is 5.75 Å². The zero-order chi connectivity index (χ0) is 18.1. The van der Waals surface area contributed by atoms with E-state index in [-0.39, 0.29) is 0 Å². The minimum atomic E-state index is 0.598. The lowest BCUT2D eigenvalue weighted by molar-refractivity contribution is 0.344. The van der Waals surface area contributed by atoms with Gasteiger partial charge in [-0.15, -0.1) is 0 Å². The van der Waals surface area contributed by atoms with Crippen LogP contribution in [0.2, 0.25) is 10.0 Å². The SMILES string of the molecule is CCOc1cccc2sc(N3CCN(c4cccc(Cl)c4Cl)CC3)nc12. The molecule has 4 nitrogen and oxygen atoms in total. The molecule has 0 radical (unpaired) electrons. The number of fused-ring (bicyclic) bond motifs is 1. The molecule has 0 amide bonds. The van der Waals surface area contributed by atoms with Crippen molar-refractivity contribution in [2.75, 3.05) is 42.6 Å². The summed E-state index contributed by atoms with van der Waals surface area (Å²) in [6, 6.07) is 11.9. The molecule has 1 aromatic heterocycles. The second-order valence-electron chi connectivity index (χ2n) is 6.08. The summed E-state index contributed by atoms with van der Waals surface area (Å²) in [4.78, 5) is 9.45. The molecular formula is C19H19Cl2N3OS. The summed E-state index contributed by atoms with van der Waals surface area (Å²) in [5.41, 5.74) is 1.96. The lowest BCUT2D eigenvalue weighted by Crippen LogP contribution is -2.46. The third kappa shape index (κ3) is 3.31. The molecule has 0 saturated carbocycles. The largest absolute Gasteiger partial charge is 0.492 e. The molecule has 0 atom stereocenters. The average molecular weight is 408 g/mol. The third-order valence-electron chi connectivity index (χ3n) is 4.49. The van der Waals surface area contributed by atoms with E-state index in [0.717, 1.165) is 53.0 Å². The van der Waals surface area contributed by atoms with Crippen LogP contribution in [0.1, 0.15) is 6.92 Å². The van der Waals surface area contributed by atoms with E-state index in [4.69, 9.17) is 32.9 Å². The van der Waals surface area contributed by atoms with Crippen LogP contribution in [0.15, 0.2) is 36.4 Å². The lowest BCUT2D eigenvalue weighted by Gasteiger charge is -2.36. The van der Waals surface area contributed by atoms with Gasteiger partial charge in [-0.25, -0.2) is 4.98 Å². The van der Waals surface area contributed by atoms with Crippen LogP contribution < -0.4 is 14.5 Å². The van der Waals surface area contributed by atoms with Gasteiger partial charge >= 0.3 is 0 Å². The van der Waals surface area contributed by atoms with Gasteiger partial charge in [0.05, 0.1) is 27.0 Å². The summed E-state index contributed by atoms with van der Waals surface area (Å²) < 4.78 is 6.87. The minimum Gasteiger partial charge on any atom is -0.492 e. The number of benzene rings is 2. The summed E-state index contributed by atoms with van der Waals surface area (Å²) in [6.45, 7) is 6.19. The van der Waals surface area contributed by atoms with Gasteiger partial charge in [-0.1, -0.05) is 46.7 Å². The Labute approximate surface area is 166 Å². The first kappa shape index (κ1) is 17.7. The van der Waals surface area contributed by atoms with E-state index in [9.17, 15) is 0 Å². The monoisotopic (exact) mass is 407 g/mol. The summed E-state index contributed by atoms with van der Waals surface area (Å²) in [6.07, 6.45) is 0. The Hall–Kier alpha value is -1.69. The lowest BCUT2D eigenvalue weighted by atomic mass is 10.2. The maximum Gasteiger partial charge on any atom is 0.186 e. The Bertz CT molecular complexity index is 922. The Morgan fingerprint density at radius 1 is 1.04 bits per heavy atom. The number of thiazole rings is 1. The van der Waals surface area contributed by atoms with Gasteiger partial charge in [0, 0.05) is 26.2 Å². The van der Waals surface area contributed by atoms with Crippen LogP contribution >= 0.6 is 34.5 Å². The van der Waals surface area contributed by atoms with E-state index >= 15 is 0 Å². The number of halogens is 2. The highest BCUT2D eigenvalue weighted by Crippen LogP contribution is 2.36. The van der Waals surface area contributed by atoms with Gasteiger partial charge in [-0.2, -0.15) is 0 Å². The number of nitrogens with zero attached hydrogens (tertiary/aromatic N) is 3. The van der Waals surface area contributed by atoms with Gasteiger partial charge in [-0.05, 0) is 31.2 Å². The first-order valence-electron chi connectivity index (χ1n) is 8.63. The van der Waals surface area contributed by atoms with E-state index in [0.29, 0.717) is 16.7 Å². The molecule has 7 heteroatoms. The molecular weight excluding hydrogens is 389 g/mol. The van der Waals surface area contributed by atoms with Crippen molar-refractivity contribution in [1.29, 1.82) is 0 Å². The zero-order valence-corrected chi connectivity index (χ0v) is 16.7. The summed E-state index contributed by atoms with van der Waals surface area (Å²) in [5.74, 6) is 0.858. The normalized spacial score (nSPS) is 14.9. The van der Waals surface area contributed by atoms with Crippen molar-refractivity contribution in [1.82, 2.24) is 4.98 Å². The standard InChI is InChI=1S/C19H19Cl2N3OS/c1-2-25-15-7-4-8-16-18(15)22-19(26-16)24-11-9-23(10-12-24)14-6-3-5-13(20)17(14)21/h3-8H,2,9-12H2,1H3. The molecule has 136 valence electrons. The maximum absolute atomic E-state index is 6.37. The minimum absolute atomic E-state index is 0.598. The fourth-order valence-corrected chi connectivity index (χ4v) is 4.64. The van der Waals surface area contributed by atoms with Gasteiger partial charge < -0.3 is 14.5 Å². The number of anilines is 2. The molecule has 2 aromatic carbocycles. The predicted molar refractivity (Wildman–Crippen MR) is 112 cm³/mol. The van der Waals surface area contributed by atoms with Gasteiger partial charge in [-0.3, -0.25) is 0 Å². The van der Waals surface area contributed by atoms with Crippen LogP contribution in [0.3, 0.4) is 0 Å². The highest BCUT2D eigenvalue weighted by Gasteiger charge is 2.22. The quantitative estimate of drug-likeness (QED) is 0.584. The molecule has 1 saturated heterocycles. The van der Waals surface area contributed by atoms with Gasteiger partial charge in [0.15, 0.2) is 5.13 Å². The van der Waals surface area contributed by atoms with Crippen LogP contribution in [-0.4, -0.2) is 37.8 Å². The molecule has 1 aliphatic heterocycles. The number of rotatable bonds is 4. The molecule has 4 rings (SSSR count). The van der Waals surface area contributed by atoms with Crippen molar-refractivity contribution in [2.45, 2.75) is 6.92 Å². The molecule has 1 fully saturated rings. The van der Waals surface area contributed by atoms with E-state index < -0.39 is 0 Å². The third-order valence-corrected chi connectivity index (χ3v) is 6.38. The van der Waals surface area contributed by atoms with Crippen LogP contribution in [-0.2, 0) is 0 Å². The molecule has 1 aliphatic rings. The van der Waals surface area contributed by atoms with E-state index in [1.807, 2.05) is 37.3 Å². The van der Waals surface area contributed by atoms with Crippen molar-refractivity contribution < 1.29 is 4.74 Å². The second-order valence-corrected chi connectivity index (χ2v) is 7.87. The van der Waals surface area contributed by atoms with Crippen molar-refractivity contribution in [2.24, 2.45) is 0 Å². The molecule has 2 heterocycles. The van der Waals surface area contributed by atoms with Crippen LogP contribution in [0.25, 0.3) is 10.2 Å². The van der Waals surface area contributed by atoms with E-state index in [2.05, 4.69) is 15.9 Å². The highest BCUT2D eigenvalue weighted by atomic mass is 35.5. The maximum atomic E-state index is 6.37. The van der Waals surface area contributed by atoms with Gasteiger partial charge in [0.1, 0.15) is 11.3 Å². The molecule has 3 aromatic rings. The molecule has 0 aliphatic carbocycles.